The van der Waals surface area contributed by atoms with Gasteiger partial charge in [0.25, 0.3) is 5.91 Å². The summed E-state index contributed by atoms with van der Waals surface area (Å²) in [5, 5.41) is 0. The van der Waals surface area contributed by atoms with E-state index in [0.29, 0.717) is 32.6 Å². The Hall–Kier alpha value is -2.11. The van der Waals surface area contributed by atoms with Crippen LogP contribution in [0, 0.1) is 5.82 Å². The fourth-order valence-corrected chi connectivity index (χ4v) is 2.24. The first-order chi connectivity index (χ1) is 9.63. The van der Waals surface area contributed by atoms with Crippen LogP contribution in [0.2, 0.25) is 0 Å². The monoisotopic (exact) mass is 280 g/mol. The molecular formula is C14H17FN2O3. The van der Waals surface area contributed by atoms with Gasteiger partial charge in [0.2, 0.25) is 0 Å². The minimum Gasteiger partial charge on any atom is -0.453 e. The number of methoxy groups -OCH3 is 1. The Balaban J connectivity index is 2.05. The van der Waals surface area contributed by atoms with Crippen LogP contribution in [0.4, 0.5) is 9.18 Å². The lowest BCUT2D eigenvalue weighted by Crippen LogP contribution is -2.37. The molecule has 0 N–H and O–H groups in total. The van der Waals surface area contributed by atoms with Gasteiger partial charge in [-0.1, -0.05) is 12.1 Å². The van der Waals surface area contributed by atoms with Crippen LogP contribution in [0.3, 0.4) is 0 Å². The van der Waals surface area contributed by atoms with E-state index in [1.807, 2.05) is 0 Å². The summed E-state index contributed by atoms with van der Waals surface area (Å²) in [6.07, 6.45) is 0.250. The number of hydrogen-bond acceptors (Lipinski definition) is 3. The first-order valence-electron chi connectivity index (χ1n) is 6.50. The molecule has 20 heavy (non-hydrogen) atoms. The van der Waals surface area contributed by atoms with Crippen molar-refractivity contribution in [3.8, 4) is 0 Å². The van der Waals surface area contributed by atoms with Gasteiger partial charge in [0, 0.05) is 26.2 Å². The fourth-order valence-electron chi connectivity index (χ4n) is 2.24. The lowest BCUT2D eigenvalue weighted by atomic mass is 10.2. The zero-order valence-electron chi connectivity index (χ0n) is 11.3. The van der Waals surface area contributed by atoms with Crippen LogP contribution in [0.25, 0.3) is 0 Å². The molecule has 6 heteroatoms. The van der Waals surface area contributed by atoms with Crippen molar-refractivity contribution in [2.45, 2.75) is 6.42 Å². The highest BCUT2D eigenvalue weighted by molar-refractivity contribution is 5.94. The van der Waals surface area contributed by atoms with Crippen molar-refractivity contribution in [2.75, 3.05) is 33.3 Å². The van der Waals surface area contributed by atoms with Gasteiger partial charge < -0.3 is 14.5 Å². The van der Waals surface area contributed by atoms with E-state index >= 15 is 0 Å². The molecule has 0 spiro atoms. The number of nitrogens with zero attached hydrogens (tertiary/aromatic N) is 2. The van der Waals surface area contributed by atoms with Crippen LogP contribution in [0.5, 0.6) is 0 Å². The second-order valence-electron chi connectivity index (χ2n) is 4.58. The van der Waals surface area contributed by atoms with Crippen LogP contribution < -0.4 is 0 Å². The molecule has 1 aliphatic rings. The molecule has 1 aromatic rings. The van der Waals surface area contributed by atoms with Crippen molar-refractivity contribution in [1.82, 2.24) is 9.80 Å². The Morgan fingerprint density at radius 3 is 2.45 bits per heavy atom. The third kappa shape index (κ3) is 3.07. The Bertz CT molecular complexity index is 507. The standard InChI is InChI=1S/C14H17FN2O3/c1-20-14(19)17-8-4-7-16(9-10-17)13(18)11-5-2-3-6-12(11)15/h2-3,5-6H,4,7-10H2,1H3. The van der Waals surface area contributed by atoms with E-state index < -0.39 is 11.9 Å². The van der Waals surface area contributed by atoms with Gasteiger partial charge in [-0.15, -0.1) is 0 Å². The molecular weight excluding hydrogens is 263 g/mol. The Kier molecular flexibility index (Phi) is 4.55. The second-order valence-corrected chi connectivity index (χ2v) is 4.58. The molecule has 5 nitrogen and oxygen atoms in total. The van der Waals surface area contributed by atoms with Crippen molar-refractivity contribution in [3.05, 3.63) is 35.6 Å². The molecule has 2 rings (SSSR count). The Morgan fingerprint density at radius 2 is 1.75 bits per heavy atom. The number of carbonyl (C=O) groups excluding carboxylic acids is 2. The maximum absolute atomic E-state index is 13.6. The van der Waals surface area contributed by atoms with E-state index in [9.17, 15) is 14.0 Å². The zero-order valence-corrected chi connectivity index (χ0v) is 11.3. The summed E-state index contributed by atoms with van der Waals surface area (Å²) in [6, 6.07) is 5.93. The first-order valence-corrected chi connectivity index (χ1v) is 6.50. The van der Waals surface area contributed by atoms with Crippen molar-refractivity contribution >= 4 is 12.0 Å². The SMILES string of the molecule is COC(=O)N1CCCN(C(=O)c2ccccc2F)CC1. The van der Waals surface area contributed by atoms with E-state index in [0.717, 1.165) is 0 Å². The normalized spacial score (nSPS) is 15.7. The number of halogens is 1. The summed E-state index contributed by atoms with van der Waals surface area (Å²) in [7, 11) is 1.33. The van der Waals surface area contributed by atoms with Gasteiger partial charge in [-0.3, -0.25) is 4.79 Å². The van der Waals surface area contributed by atoms with E-state index in [1.54, 1.807) is 21.9 Å². The van der Waals surface area contributed by atoms with Gasteiger partial charge in [0.1, 0.15) is 5.82 Å². The van der Waals surface area contributed by atoms with Gasteiger partial charge in [-0.2, -0.15) is 0 Å². The summed E-state index contributed by atoms with van der Waals surface area (Å²) < 4.78 is 18.3. The zero-order chi connectivity index (χ0) is 14.5. The minimum atomic E-state index is -0.522. The molecule has 1 aliphatic heterocycles. The molecule has 108 valence electrons. The highest BCUT2D eigenvalue weighted by Crippen LogP contribution is 2.12. The average Bonchev–Trinajstić information content (AvgIpc) is 2.72. The molecule has 0 aromatic heterocycles. The van der Waals surface area contributed by atoms with Gasteiger partial charge in [-0.05, 0) is 18.6 Å². The predicted octanol–water partition coefficient (Wildman–Crippen LogP) is 1.74. The Labute approximate surface area is 116 Å². The van der Waals surface area contributed by atoms with Crippen LogP contribution in [0.15, 0.2) is 24.3 Å². The maximum atomic E-state index is 13.6. The van der Waals surface area contributed by atoms with Gasteiger partial charge >= 0.3 is 6.09 Å². The topological polar surface area (TPSA) is 49.9 Å². The highest BCUT2D eigenvalue weighted by Gasteiger charge is 2.24. The lowest BCUT2D eigenvalue weighted by molar-refractivity contribution is 0.0752. The van der Waals surface area contributed by atoms with Crippen molar-refractivity contribution in [2.24, 2.45) is 0 Å². The molecule has 1 aromatic carbocycles. The summed E-state index contributed by atoms with van der Waals surface area (Å²) in [6.45, 7) is 1.81. The summed E-state index contributed by atoms with van der Waals surface area (Å²) in [5.74, 6) is -0.860. The van der Waals surface area contributed by atoms with E-state index in [2.05, 4.69) is 4.74 Å². The van der Waals surface area contributed by atoms with E-state index in [1.165, 1.54) is 19.2 Å². The van der Waals surface area contributed by atoms with Crippen LogP contribution in [0.1, 0.15) is 16.8 Å². The molecule has 1 heterocycles. The largest absolute Gasteiger partial charge is 0.453 e. The van der Waals surface area contributed by atoms with E-state index in [-0.39, 0.29) is 11.5 Å². The van der Waals surface area contributed by atoms with Crippen molar-refractivity contribution < 1.29 is 18.7 Å². The number of benzene rings is 1. The lowest BCUT2D eigenvalue weighted by Gasteiger charge is -2.21. The number of carbonyl (C=O) groups is 2. The second kappa shape index (κ2) is 6.36. The summed E-state index contributed by atoms with van der Waals surface area (Å²) >= 11 is 0. The molecule has 1 saturated heterocycles. The number of amides is 2. The molecule has 1 fully saturated rings. The van der Waals surface area contributed by atoms with Crippen LogP contribution >= 0.6 is 0 Å². The average molecular weight is 280 g/mol. The van der Waals surface area contributed by atoms with Gasteiger partial charge in [0.15, 0.2) is 0 Å². The third-order valence-corrected chi connectivity index (χ3v) is 3.32. The maximum Gasteiger partial charge on any atom is 0.409 e. The van der Waals surface area contributed by atoms with Gasteiger partial charge in [-0.25, -0.2) is 9.18 Å². The number of rotatable bonds is 1. The first kappa shape index (κ1) is 14.3. The summed E-state index contributed by atoms with van der Waals surface area (Å²) in [5.41, 5.74) is 0.0685. The minimum absolute atomic E-state index is 0.0685. The molecule has 2 amide bonds. The number of hydrogen-bond donors (Lipinski definition) is 0. The van der Waals surface area contributed by atoms with Gasteiger partial charge in [0.05, 0.1) is 12.7 Å². The Morgan fingerprint density at radius 1 is 1.10 bits per heavy atom. The third-order valence-electron chi connectivity index (χ3n) is 3.32. The smallest absolute Gasteiger partial charge is 0.409 e. The quantitative estimate of drug-likeness (QED) is 0.787. The number of ether oxygens (including phenoxy) is 1. The summed E-state index contributed by atoms with van der Waals surface area (Å²) in [4.78, 5) is 26.9. The fraction of sp³-hybridized carbons (Fsp3) is 0.429. The van der Waals surface area contributed by atoms with Crippen molar-refractivity contribution in [3.63, 3.8) is 0 Å². The molecule has 0 unspecified atom stereocenters. The molecule has 0 atom stereocenters. The van der Waals surface area contributed by atoms with Crippen molar-refractivity contribution in [1.29, 1.82) is 0 Å². The molecule has 0 bridgehead atoms. The predicted molar refractivity (Wildman–Crippen MR) is 70.9 cm³/mol. The van der Waals surface area contributed by atoms with Crippen LogP contribution in [-0.4, -0.2) is 55.1 Å². The van der Waals surface area contributed by atoms with Crippen LogP contribution in [-0.2, 0) is 4.74 Å². The molecule has 0 saturated carbocycles. The molecule has 0 radical (unpaired) electrons. The highest BCUT2D eigenvalue weighted by atomic mass is 19.1. The van der Waals surface area contributed by atoms with E-state index in [4.69, 9.17) is 0 Å². The molecule has 0 aliphatic carbocycles.